The number of aromatic nitrogens is 2. The number of hydrogen-bond donors (Lipinski definition) is 1. The fraction of sp³-hybridized carbons (Fsp3) is 0.167. The summed E-state index contributed by atoms with van der Waals surface area (Å²) in [5.41, 5.74) is 1.37. The molecular formula is C18H17N3O4S. The van der Waals surface area contributed by atoms with Crippen molar-refractivity contribution in [3.05, 3.63) is 48.5 Å². The molecular weight excluding hydrogens is 354 g/mol. The number of anilines is 1. The van der Waals surface area contributed by atoms with Crippen LogP contribution in [0.5, 0.6) is 11.5 Å². The number of hydrogen-bond acceptors (Lipinski definition) is 7. The molecule has 0 fully saturated rings. The Morgan fingerprint density at radius 1 is 1.12 bits per heavy atom. The van der Waals surface area contributed by atoms with Gasteiger partial charge in [-0.2, -0.15) is 0 Å². The topological polar surface area (TPSA) is 86.5 Å². The van der Waals surface area contributed by atoms with Gasteiger partial charge in [-0.05, 0) is 30.3 Å². The van der Waals surface area contributed by atoms with Crippen LogP contribution in [-0.4, -0.2) is 36.1 Å². The molecule has 0 aliphatic carbocycles. The maximum absolute atomic E-state index is 12.1. The van der Waals surface area contributed by atoms with Gasteiger partial charge in [-0.25, -0.2) is 0 Å². The maximum Gasteiger partial charge on any atom is 0.277 e. The molecule has 26 heavy (non-hydrogen) atoms. The first-order valence-electron chi connectivity index (χ1n) is 7.73. The van der Waals surface area contributed by atoms with E-state index in [-0.39, 0.29) is 11.7 Å². The molecule has 0 aliphatic rings. The molecule has 0 saturated carbocycles. The molecule has 0 unspecified atom stereocenters. The van der Waals surface area contributed by atoms with Crippen LogP contribution in [0.3, 0.4) is 0 Å². The normalized spacial score (nSPS) is 10.4. The Balaban J connectivity index is 1.60. The quantitative estimate of drug-likeness (QED) is 0.636. The van der Waals surface area contributed by atoms with Gasteiger partial charge in [0.1, 0.15) is 11.5 Å². The Hall–Kier alpha value is -3.00. The Morgan fingerprint density at radius 2 is 1.96 bits per heavy atom. The van der Waals surface area contributed by atoms with Crippen LogP contribution >= 0.6 is 11.8 Å². The van der Waals surface area contributed by atoms with E-state index in [0.29, 0.717) is 28.3 Å². The van der Waals surface area contributed by atoms with E-state index in [4.69, 9.17) is 13.9 Å². The second kappa shape index (κ2) is 8.39. The lowest BCUT2D eigenvalue weighted by atomic mass is 10.2. The zero-order chi connectivity index (χ0) is 18.4. The highest BCUT2D eigenvalue weighted by Crippen LogP contribution is 2.27. The predicted molar refractivity (Wildman–Crippen MR) is 98.6 cm³/mol. The number of thioether (sulfide) groups is 1. The van der Waals surface area contributed by atoms with Crippen molar-refractivity contribution in [2.75, 3.05) is 25.3 Å². The van der Waals surface area contributed by atoms with Crippen LogP contribution < -0.4 is 14.8 Å². The highest BCUT2D eigenvalue weighted by Gasteiger charge is 2.13. The molecule has 1 amide bonds. The number of methoxy groups -OCH3 is 2. The molecule has 7 nitrogen and oxygen atoms in total. The van der Waals surface area contributed by atoms with Gasteiger partial charge < -0.3 is 19.2 Å². The third-order valence-electron chi connectivity index (χ3n) is 3.43. The Kier molecular flexibility index (Phi) is 5.75. The summed E-state index contributed by atoms with van der Waals surface area (Å²) in [6.07, 6.45) is 0. The summed E-state index contributed by atoms with van der Waals surface area (Å²) in [5, 5.41) is 11.1. The van der Waals surface area contributed by atoms with E-state index >= 15 is 0 Å². The van der Waals surface area contributed by atoms with Crippen LogP contribution in [0.4, 0.5) is 5.69 Å². The Labute approximate surface area is 154 Å². The third-order valence-corrected chi connectivity index (χ3v) is 4.25. The van der Waals surface area contributed by atoms with E-state index in [0.717, 1.165) is 17.3 Å². The molecule has 0 radical (unpaired) electrons. The molecule has 2 aromatic carbocycles. The highest BCUT2D eigenvalue weighted by molar-refractivity contribution is 7.99. The molecule has 0 bridgehead atoms. The monoisotopic (exact) mass is 371 g/mol. The van der Waals surface area contributed by atoms with Crippen LogP contribution in [0.25, 0.3) is 11.5 Å². The Bertz CT molecular complexity index is 897. The summed E-state index contributed by atoms with van der Waals surface area (Å²) in [4.78, 5) is 12.1. The van der Waals surface area contributed by atoms with E-state index in [9.17, 15) is 4.79 Å². The fourth-order valence-corrected chi connectivity index (χ4v) is 2.77. The van der Waals surface area contributed by atoms with Gasteiger partial charge in [0.15, 0.2) is 0 Å². The van der Waals surface area contributed by atoms with E-state index < -0.39 is 0 Å². The zero-order valence-electron chi connectivity index (χ0n) is 14.3. The van der Waals surface area contributed by atoms with Crippen molar-refractivity contribution in [2.45, 2.75) is 5.22 Å². The van der Waals surface area contributed by atoms with Crippen molar-refractivity contribution in [1.82, 2.24) is 10.2 Å². The molecule has 1 N–H and O–H groups in total. The van der Waals surface area contributed by atoms with Crippen molar-refractivity contribution in [2.24, 2.45) is 0 Å². The molecule has 134 valence electrons. The van der Waals surface area contributed by atoms with Gasteiger partial charge in [-0.15, -0.1) is 10.2 Å². The van der Waals surface area contributed by atoms with Gasteiger partial charge in [0, 0.05) is 5.56 Å². The summed E-state index contributed by atoms with van der Waals surface area (Å²) in [6.45, 7) is 0. The molecule has 0 atom stereocenters. The first kappa shape index (κ1) is 17.8. The number of ether oxygens (including phenoxy) is 2. The number of nitrogens with zero attached hydrogens (tertiary/aromatic N) is 2. The lowest BCUT2D eigenvalue weighted by Gasteiger charge is -2.08. The second-order valence-electron chi connectivity index (χ2n) is 5.14. The summed E-state index contributed by atoms with van der Waals surface area (Å²) in [7, 11) is 3.15. The van der Waals surface area contributed by atoms with Gasteiger partial charge in [-0.3, -0.25) is 4.79 Å². The molecule has 0 aliphatic heterocycles. The predicted octanol–water partition coefficient (Wildman–Crippen LogP) is 3.48. The maximum atomic E-state index is 12.1. The minimum Gasteiger partial charge on any atom is -0.497 e. The van der Waals surface area contributed by atoms with Gasteiger partial charge in [0.05, 0.1) is 25.7 Å². The Morgan fingerprint density at radius 3 is 2.77 bits per heavy atom. The summed E-state index contributed by atoms with van der Waals surface area (Å²) in [5.74, 6) is 1.62. The average Bonchev–Trinajstić information content (AvgIpc) is 3.16. The molecule has 3 aromatic rings. The smallest absolute Gasteiger partial charge is 0.277 e. The summed E-state index contributed by atoms with van der Waals surface area (Å²) < 4.78 is 16.0. The number of rotatable bonds is 7. The van der Waals surface area contributed by atoms with Crippen molar-refractivity contribution < 1.29 is 18.7 Å². The number of carbonyl (C=O) groups excluding carboxylic acids is 1. The van der Waals surface area contributed by atoms with Crippen molar-refractivity contribution >= 4 is 23.4 Å². The minimum atomic E-state index is -0.194. The van der Waals surface area contributed by atoms with Gasteiger partial charge in [-0.1, -0.05) is 30.0 Å². The first-order valence-corrected chi connectivity index (χ1v) is 8.71. The van der Waals surface area contributed by atoms with Crippen LogP contribution in [0.1, 0.15) is 0 Å². The highest BCUT2D eigenvalue weighted by atomic mass is 32.2. The molecule has 0 spiro atoms. The fourth-order valence-electron chi connectivity index (χ4n) is 2.20. The SMILES string of the molecule is COc1cccc(-c2nnc(SCC(=O)Nc3ccccc3OC)o2)c1. The standard InChI is InChI=1S/C18H17N3O4S/c1-23-13-7-5-6-12(10-13)17-20-21-18(25-17)26-11-16(22)19-14-8-3-4-9-15(14)24-2/h3-10H,11H2,1-2H3,(H,19,22). The van der Waals surface area contributed by atoms with E-state index in [2.05, 4.69) is 15.5 Å². The van der Waals surface area contributed by atoms with Crippen LogP contribution in [0, 0.1) is 0 Å². The average molecular weight is 371 g/mol. The van der Waals surface area contributed by atoms with E-state index in [1.165, 1.54) is 0 Å². The van der Waals surface area contributed by atoms with Crippen molar-refractivity contribution in [3.63, 3.8) is 0 Å². The molecule has 0 saturated heterocycles. The number of para-hydroxylation sites is 2. The molecule has 8 heteroatoms. The first-order chi connectivity index (χ1) is 12.7. The zero-order valence-corrected chi connectivity index (χ0v) is 15.1. The van der Waals surface area contributed by atoms with E-state index in [1.54, 1.807) is 32.4 Å². The van der Waals surface area contributed by atoms with Crippen LogP contribution in [-0.2, 0) is 4.79 Å². The number of carbonyl (C=O) groups is 1. The largest absolute Gasteiger partial charge is 0.497 e. The van der Waals surface area contributed by atoms with Crippen LogP contribution in [0.2, 0.25) is 0 Å². The number of benzene rings is 2. The molecule has 3 rings (SSSR count). The lowest BCUT2D eigenvalue weighted by molar-refractivity contribution is -0.113. The van der Waals surface area contributed by atoms with Gasteiger partial charge in [0.25, 0.3) is 5.22 Å². The number of nitrogens with one attached hydrogen (secondary N) is 1. The van der Waals surface area contributed by atoms with Crippen molar-refractivity contribution in [1.29, 1.82) is 0 Å². The molecule has 1 heterocycles. The van der Waals surface area contributed by atoms with Gasteiger partial charge in [0.2, 0.25) is 11.8 Å². The van der Waals surface area contributed by atoms with E-state index in [1.807, 2.05) is 30.3 Å². The summed E-state index contributed by atoms with van der Waals surface area (Å²) >= 11 is 1.16. The van der Waals surface area contributed by atoms with Crippen molar-refractivity contribution in [3.8, 4) is 23.0 Å². The number of amides is 1. The van der Waals surface area contributed by atoms with Gasteiger partial charge >= 0.3 is 0 Å². The second-order valence-corrected chi connectivity index (χ2v) is 6.07. The molecule has 1 aromatic heterocycles. The third kappa shape index (κ3) is 4.34. The lowest BCUT2D eigenvalue weighted by Crippen LogP contribution is -2.14. The van der Waals surface area contributed by atoms with Crippen LogP contribution in [0.15, 0.2) is 58.2 Å². The minimum absolute atomic E-state index is 0.137. The summed E-state index contributed by atoms with van der Waals surface area (Å²) in [6, 6.07) is 14.5.